The fourth-order valence-electron chi connectivity index (χ4n) is 1.41. The van der Waals surface area contributed by atoms with E-state index in [9.17, 15) is 9.18 Å². The van der Waals surface area contributed by atoms with Gasteiger partial charge in [-0.3, -0.25) is 4.79 Å². The van der Waals surface area contributed by atoms with Crippen LogP contribution in [0.5, 0.6) is 0 Å². The summed E-state index contributed by atoms with van der Waals surface area (Å²) in [6, 6.07) is 11.2. The number of nitrogens with one attached hydrogen (secondary N) is 1. The molecule has 0 unspecified atom stereocenters. The molecule has 2 aromatic rings. The fourth-order valence-corrected chi connectivity index (χ4v) is 2.20. The van der Waals surface area contributed by atoms with Crippen LogP contribution in [0.15, 0.2) is 51.4 Å². The second-order valence-electron chi connectivity index (χ2n) is 3.59. The maximum Gasteiger partial charge on any atom is 0.256 e. The number of anilines is 1. The summed E-state index contributed by atoms with van der Waals surface area (Å²) in [5.41, 5.74) is 1.07. The van der Waals surface area contributed by atoms with Gasteiger partial charge < -0.3 is 5.32 Å². The first-order chi connectivity index (χ1) is 8.56. The summed E-state index contributed by atoms with van der Waals surface area (Å²) in [6.07, 6.45) is 0. The van der Waals surface area contributed by atoms with Crippen LogP contribution in [0.25, 0.3) is 0 Å². The molecule has 5 heteroatoms. The number of amides is 1. The number of rotatable bonds is 2. The van der Waals surface area contributed by atoms with Gasteiger partial charge in [-0.05, 0) is 58.4 Å². The second-order valence-corrected chi connectivity index (χ2v) is 5.36. The number of hydrogen-bond donors (Lipinski definition) is 1. The van der Waals surface area contributed by atoms with Crippen LogP contribution in [-0.2, 0) is 0 Å². The Labute approximate surface area is 120 Å². The largest absolute Gasteiger partial charge is 0.322 e. The quantitative estimate of drug-likeness (QED) is 0.819. The Morgan fingerprint density at radius 1 is 1.06 bits per heavy atom. The monoisotopic (exact) mass is 371 g/mol. The summed E-state index contributed by atoms with van der Waals surface area (Å²) in [5.74, 6) is -0.675. The molecule has 0 heterocycles. The fraction of sp³-hybridized carbons (Fsp3) is 0. The average Bonchev–Trinajstić information content (AvgIpc) is 2.32. The highest BCUT2D eigenvalue weighted by molar-refractivity contribution is 9.10. The summed E-state index contributed by atoms with van der Waals surface area (Å²) in [6.45, 7) is 0. The number of hydrogen-bond acceptors (Lipinski definition) is 1. The number of carbonyl (C=O) groups excluding carboxylic acids is 1. The van der Waals surface area contributed by atoms with Crippen molar-refractivity contribution in [2.45, 2.75) is 0 Å². The third-order valence-electron chi connectivity index (χ3n) is 2.28. The molecule has 0 aromatic heterocycles. The molecule has 0 saturated heterocycles. The van der Waals surface area contributed by atoms with Crippen LogP contribution in [-0.4, -0.2) is 5.91 Å². The van der Waals surface area contributed by atoms with Gasteiger partial charge in [0.25, 0.3) is 5.91 Å². The first kappa shape index (κ1) is 13.2. The minimum atomic E-state index is -0.387. The molecule has 92 valence electrons. The Morgan fingerprint density at radius 3 is 2.33 bits per heavy atom. The SMILES string of the molecule is O=C(Nc1ccc(Br)cc1)c1ccc(F)cc1Br. The molecule has 2 nitrogen and oxygen atoms in total. The predicted octanol–water partition coefficient (Wildman–Crippen LogP) is 4.60. The summed E-state index contributed by atoms with van der Waals surface area (Å²) >= 11 is 6.48. The molecular weight excluding hydrogens is 365 g/mol. The standard InChI is InChI=1S/C13H8Br2FNO/c14-8-1-4-10(5-2-8)17-13(18)11-6-3-9(16)7-12(11)15/h1-7H,(H,17,18). The van der Waals surface area contributed by atoms with E-state index >= 15 is 0 Å². The lowest BCUT2D eigenvalue weighted by atomic mass is 10.2. The molecule has 2 aromatic carbocycles. The summed E-state index contributed by atoms with van der Waals surface area (Å²) in [4.78, 5) is 12.0. The van der Waals surface area contributed by atoms with Gasteiger partial charge in [0, 0.05) is 14.6 Å². The lowest BCUT2D eigenvalue weighted by Crippen LogP contribution is -2.12. The molecule has 0 aliphatic rings. The molecule has 0 bridgehead atoms. The smallest absolute Gasteiger partial charge is 0.256 e. The van der Waals surface area contributed by atoms with E-state index < -0.39 is 0 Å². The number of halogens is 3. The first-order valence-corrected chi connectivity index (χ1v) is 6.67. The van der Waals surface area contributed by atoms with Gasteiger partial charge in [-0.2, -0.15) is 0 Å². The summed E-state index contributed by atoms with van der Waals surface area (Å²) in [7, 11) is 0. The first-order valence-electron chi connectivity index (χ1n) is 5.08. The highest BCUT2D eigenvalue weighted by Crippen LogP contribution is 2.20. The van der Waals surface area contributed by atoms with Crippen molar-refractivity contribution >= 4 is 43.5 Å². The Balaban J connectivity index is 2.19. The molecule has 0 aliphatic heterocycles. The predicted molar refractivity (Wildman–Crippen MR) is 76.2 cm³/mol. The topological polar surface area (TPSA) is 29.1 Å². The van der Waals surface area contributed by atoms with Gasteiger partial charge in [0.2, 0.25) is 0 Å². The molecular formula is C13H8Br2FNO. The Kier molecular flexibility index (Phi) is 4.14. The van der Waals surface area contributed by atoms with Crippen molar-refractivity contribution < 1.29 is 9.18 Å². The minimum absolute atomic E-state index is 0.288. The third kappa shape index (κ3) is 3.17. The van der Waals surface area contributed by atoms with Crippen LogP contribution in [0.4, 0.5) is 10.1 Å². The van der Waals surface area contributed by atoms with Crippen molar-refractivity contribution in [2.24, 2.45) is 0 Å². The molecule has 0 fully saturated rings. The molecule has 18 heavy (non-hydrogen) atoms. The van der Waals surface area contributed by atoms with E-state index in [1.54, 1.807) is 12.1 Å². The zero-order chi connectivity index (χ0) is 13.1. The van der Waals surface area contributed by atoms with Gasteiger partial charge in [0.05, 0.1) is 5.56 Å². The number of carbonyl (C=O) groups is 1. The molecule has 0 aliphatic carbocycles. The van der Waals surface area contributed by atoms with Crippen molar-refractivity contribution in [2.75, 3.05) is 5.32 Å². The Hall–Kier alpha value is -1.20. The molecule has 0 spiro atoms. The summed E-state index contributed by atoms with van der Waals surface area (Å²) in [5, 5.41) is 2.73. The maximum atomic E-state index is 12.9. The average molecular weight is 373 g/mol. The third-order valence-corrected chi connectivity index (χ3v) is 3.46. The lowest BCUT2D eigenvalue weighted by Gasteiger charge is -2.07. The van der Waals surface area contributed by atoms with Crippen molar-refractivity contribution in [3.63, 3.8) is 0 Å². The van der Waals surface area contributed by atoms with Gasteiger partial charge >= 0.3 is 0 Å². The minimum Gasteiger partial charge on any atom is -0.322 e. The van der Waals surface area contributed by atoms with E-state index in [1.165, 1.54) is 18.2 Å². The molecule has 0 saturated carbocycles. The van der Waals surface area contributed by atoms with Crippen LogP contribution in [0, 0.1) is 5.82 Å². The summed E-state index contributed by atoms with van der Waals surface area (Å²) < 4.78 is 14.3. The van der Waals surface area contributed by atoms with E-state index in [2.05, 4.69) is 37.2 Å². The molecule has 0 atom stereocenters. The van der Waals surface area contributed by atoms with Gasteiger partial charge in [-0.25, -0.2) is 4.39 Å². The molecule has 2 rings (SSSR count). The molecule has 1 amide bonds. The maximum absolute atomic E-state index is 12.9. The Morgan fingerprint density at radius 2 is 1.72 bits per heavy atom. The highest BCUT2D eigenvalue weighted by Gasteiger charge is 2.10. The van der Waals surface area contributed by atoms with Crippen molar-refractivity contribution in [3.8, 4) is 0 Å². The van der Waals surface area contributed by atoms with E-state index in [0.29, 0.717) is 15.7 Å². The molecule has 1 N–H and O–H groups in total. The van der Waals surface area contributed by atoms with Crippen molar-refractivity contribution in [1.82, 2.24) is 0 Å². The normalized spacial score (nSPS) is 10.2. The van der Waals surface area contributed by atoms with Crippen LogP contribution < -0.4 is 5.32 Å². The van der Waals surface area contributed by atoms with E-state index in [1.807, 2.05) is 12.1 Å². The van der Waals surface area contributed by atoms with Crippen molar-refractivity contribution in [1.29, 1.82) is 0 Å². The van der Waals surface area contributed by atoms with Crippen molar-refractivity contribution in [3.05, 3.63) is 62.8 Å². The second kappa shape index (κ2) is 5.63. The zero-order valence-electron chi connectivity index (χ0n) is 9.08. The van der Waals surface area contributed by atoms with Crippen LogP contribution >= 0.6 is 31.9 Å². The zero-order valence-corrected chi connectivity index (χ0v) is 12.3. The number of benzene rings is 2. The van der Waals surface area contributed by atoms with E-state index in [4.69, 9.17) is 0 Å². The van der Waals surface area contributed by atoms with E-state index in [0.717, 1.165) is 4.47 Å². The van der Waals surface area contributed by atoms with Gasteiger partial charge in [-0.1, -0.05) is 15.9 Å². The Bertz CT molecular complexity index is 584. The molecule has 0 radical (unpaired) electrons. The van der Waals surface area contributed by atoms with Crippen LogP contribution in [0.1, 0.15) is 10.4 Å². The van der Waals surface area contributed by atoms with Gasteiger partial charge in [0.15, 0.2) is 0 Å². The van der Waals surface area contributed by atoms with Gasteiger partial charge in [-0.15, -0.1) is 0 Å². The van der Waals surface area contributed by atoms with Gasteiger partial charge in [0.1, 0.15) is 5.82 Å². The highest BCUT2D eigenvalue weighted by atomic mass is 79.9. The van der Waals surface area contributed by atoms with Crippen LogP contribution in [0.3, 0.4) is 0 Å². The van der Waals surface area contributed by atoms with E-state index in [-0.39, 0.29) is 11.7 Å². The van der Waals surface area contributed by atoms with Crippen LogP contribution in [0.2, 0.25) is 0 Å². The lowest BCUT2D eigenvalue weighted by molar-refractivity contribution is 0.102.